The van der Waals surface area contributed by atoms with Gasteiger partial charge >= 0.3 is 12.1 Å². The maximum absolute atomic E-state index is 12.2. The first-order chi connectivity index (χ1) is 10.3. The fourth-order valence-corrected chi connectivity index (χ4v) is 1.50. The van der Waals surface area contributed by atoms with Gasteiger partial charge in [0.1, 0.15) is 6.07 Å². The minimum atomic E-state index is -5.14. The van der Waals surface area contributed by atoms with Crippen LogP contribution in [0.15, 0.2) is 11.3 Å². The molecule has 0 saturated carbocycles. The van der Waals surface area contributed by atoms with Crippen molar-refractivity contribution >= 4 is 5.97 Å². The molecule has 1 N–H and O–H groups in total. The second kappa shape index (κ2) is 11.9. The van der Waals surface area contributed by atoms with E-state index in [1.165, 1.54) is 0 Å². The number of unbranched alkanes of at least 4 members (excludes halogenated alkanes) is 1. The molecule has 0 saturated heterocycles. The van der Waals surface area contributed by atoms with Crippen molar-refractivity contribution in [3.8, 4) is 6.07 Å². The molecule has 22 heavy (non-hydrogen) atoms. The van der Waals surface area contributed by atoms with Crippen molar-refractivity contribution in [3.05, 3.63) is 11.3 Å². The van der Waals surface area contributed by atoms with Gasteiger partial charge < -0.3 is 9.84 Å². The van der Waals surface area contributed by atoms with Crippen LogP contribution in [0.25, 0.3) is 0 Å². The highest BCUT2D eigenvalue weighted by atomic mass is 19.4. The van der Waals surface area contributed by atoms with E-state index in [0.29, 0.717) is 6.42 Å². The van der Waals surface area contributed by atoms with Gasteiger partial charge in [0.25, 0.3) is 0 Å². The Morgan fingerprint density at radius 2 is 1.86 bits per heavy atom. The van der Waals surface area contributed by atoms with Gasteiger partial charge in [-0.15, -0.1) is 0 Å². The van der Waals surface area contributed by atoms with E-state index in [-0.39, 0.29) is 12.5 Å². The summed E-state index contributed by atoms with van der Waals surface area (Å²) in [5, 5.41) is 17.3. The minimum Gasteiger partial charge on any atom is -0.503 e. The Balaban J connectivity index is 0. The van der Waals surface area contributed by atoms with Crippen LogP contribution in [0.1, 0.15) is 53.4 Å². The molecule has 0 rings (SSSR count). The van der Waals surface area contributed by atoms with Crippen LogP contribution in [0.2, 0.25) is 0 Å². The number of halogens is 3. The molecule has 0 spiro atoms. The van der Waals surface area contributed by atoms with E-state index >= 15 is 0 Å². The second-order valence-electron chi connectivity index (χ2n) is 4.35. The molecule has 0 radical (unpaired) electrons. The largest absolute Gasteiger partial charge is 0.503 e. The van der Waals surface area contributed by atoms with E-state index < -0.39 is 23.5 Å². The highest BCUT2D eigenvalue weighted by Crippen LogP contribution is 2.26. The molecule has 0 aliphatic heterocycles. The molecule has 7 heteroatoms. The third kappa shape index (κ3) is 8.55. The number of alkyl halides is 3. The quantitative estimate of drug-likeness (QED) is 0.320. The van der Waals surface area contributed by atoms with Crippen molar-refractivity contribution in [2.75, 3.05) is 6.61 Å². The normalized spacial score (nSPS) is 13.2. The van der Waals surface area contributed by atoms with Crippen molar-refractivity contribution in [2.24, 2.45) is 5.92 Å². The predicted octanol–water partition coefficient (Wildman–Crippen LogP) is 4.67. The number of ether oxygens (including phenoxy) is 1. The molecule has 0 heterocycles. The number of hydrogen-bond acceptors (Lipinski definition) is 4. The second-order valence-corrected chi connectivity index (χ2v) is 4.35. The lowest BCUT2D eigenvalue weighted by Crippen LogP contribution is -2.20. The molecule has 4 nitrogen and oxygen atoms in total. The van der Waals surface area contributed by atoms with Crippen molar-refractivity contribution in [3.63, 3.8) is 0 Å². The molecule has 0 aliphatic rings. The monoisotopic (exact) mass is 323 g/mol. The number of allylic oxidation sites excluding steroid dienone is 1. The Labute approximate surface area is 129 Å². The lowest BCUT2D eigenvalue weighted by atomic mass is 10.0. The third-order valence-corrected chi connectivity index (χ3v) is 2.81. The molecule has 0 aromatic rings. The molecule has 0 bridgehead atoms. The number of carbonyl (C=O) groups is 1. The van der Waals surface area contributed by atoms with Gasteiger partial charge in [0, 0.05) is 0 Å². The zero-order chi connectivity index (χ0) is 17.8. The molecule has 128 valence electrons. The van der Waals surface area contributed by atoms with Crippen molar-refractivity contribution in [1.82, 2.24) is 0 Å². The highest BCUT2D eigenvalue weighted by Gasteiger charge is 2.39. The van der Waals surface area contributed by atoms with Crippen molar-refractivity contribution in [2.45, 2.75) is 59.6 Å². The van der Waals surface area contributed by atoms with Gasteiger partial charge in [-0.25, -0.2) is 4.79 Å². The summed E-state index contributed by atoms with van der Waals surface area (Å²) in [5.74, 6) is -3.63. The number of carbonyl (C=O) groups excluding carboxylic acids is 1. The Kier molecular flexibility index (Phi) is 12.2. The average Bonchev–Trinajstić information content (AvgIpc) is 2.49. The summed E-state index contributed by atoms with van der Waals surface area (Å²) in [6.45, 7) is 7.81. The maximum Gasteiger partial charge on any atom is 0.450 e. The van der Waals surface area contributed by atoms with E-state index in [4.69, 9.17) is 10.4 Å². The summed E-state index contributed by atoms with van der Waals surface area (Å²) in [7, 11) is 0. The lowest BCUT2D eigenvalue weighted by Gasteiger charge is -2.14. The molecular formula is C15H24F3NO3. The number of rotatable bonds is 7. The molecule has 0 aromatic heterocycles. The number of aliphatic hydroxyl groups excluding tert-OH is 1. The summed E-state index contributed by atoms with van der Waals surface area (Å²) < 4.78 is 41.3. The summed E-state index contributed by atoms with van der Waals surface area (Å²) in [6.07, 6.45) is -1.76. The van der Waals surface area contributed by atoms with E-state index in [1.54, 1.807) is 0 Å². The fourth-order valence-electron chi connectivity index (χ4n) is 1.50. The summed E-state index contributed by atoms with van der Waals surface area (Å²) in [4.78, 5) is 11.4. The van der Waals surface area contributed by atoms with Gasteiger partial charge in [0.05, 0.1) is 6.61 Å². The molecular weight excluding hydrogens is 299 g/mol. The topological polar surface area (TPSA) is 70.3 Å². The number of hydrogen-bond donors (Lipinski definition) is 1. The summed E-state index contributed by atoms with van der Waals surface area (Å²) >= 11 is 0. The summed E-state index contributed by atoms with van der Waals surface area (Å²) in [5.41, 5.74) is -1.41. The SMILES string of the molecule is CC.CCCCC(CC)COC(=O)/C(C#N)=C(\O)C(F)(F)F. The highest BCUT2D eigenvalue weighted by molar-refractivity contribution is 5.93. The molecule has 0 amide bonds. The number of nitrogens with zero attached hydrogens (tertiary/aromatic N) is 1. The molecule has 0 fully saturated rings. The van der Waals surface area contributed by atoms with Crippen LogP contribution in [-0.4, -0.2) is 23.9 Å². The lowest BCUT2D eigenvalue weighted by molar-refractivity contribution is -0.143. The predicted molar refractivity (Wildman–Crippen MR) is 76.9 cm³/mol. The molecule has 1 atom stereocenters. The van der Waals surface area contributed by atoms with Crippen LogP contribution in [0.5, 0.6) is 0 Å². The van der Waals surface area contributed by atoms with Gasteiger partial charge in [-0.1, -0.05) is 47.0 Å². The van der Waals surface area contributed by atoms with Crippen LogP contribution in [0.3, 0.4) is 0 Å². The van der Waals surface area contributed by atoms with Crippen molar-refractivity contribution in [1.29, 1.82) is 5.26 Å². The maximum atomic E-state index is 12.2. The first kappa shape index (κ1) is 22.6. The van der Waals surface area contributed by atoms with Crippen LogP contribution >= 0.6 is 0 Å². The zero-order valence-electron chi connectivity index (χ0n) is 13.5. The van der Waals surface area contributed by atoms with Crippen LogP contribution in [-0.2, 0) is 9.53 Å². The van der Waals surface area contributed by atoms with Gasteiger partial charge in [-0.2, -0.15) is 18.4 Å². The smallest absolute Gasteiger partial charge is 0.450 e. The van der Waals surface area contributed by atoms with Gasteiger partial charge in [-0.05, 0) is 12.3 Å². The van der Waals surface area contributed by atoms with Gasteiger partial charge in [0.2, 0.25) is 5.76 Å². The van der Waals surface area contributed by atoms with Gasteiger partial charge in [-0.3, -0.25) is 0 Å². The van der Waals surface area contributed by atoms with Crippen molar-refractivity contribution < 1.29 is 27.8 Å². The van der Waals surface area contributed by atoms with Crippen LogP contribution < -0.4 is 0 Å². The summed E-state index contributed by atoms with van der Waals surface area (Å²) in [6, 6.07) is 1.03. The zero-order valence-corrected chi connectivity index (χ0v) is 13.5. The van der Waals surface area contributed by atoms with E-state index in [2.05, 4.69) is 4.74 Å². The first-order valence-electron chi connectivity index (χ1n) is 7.35. The van der Waals surface area contributed by atoms with Crippen LogP contribution in [0.4, 0.5) is 13.2 Å². The molecule has 0 aromatic carbocycles. The number of aliphatic hydroxyl groups is 1. The average molecular weight is 323 g/mol. The fraction of sp³-hybridized carbons (Fsp3) is 0.733. The van der Waals surface area contributed by atoms with E-state index in [9.17, 15) is 18.0 Å². The Bertz CT molecular complexity index is 398. The number of nitriles is 1. The van der Waals surface area contributed by atoms with E-state index in [1.807, 2.05) is 27.7 Å². The molecule has 1 unspecified atom stereocenters. The number of esters is 1. The Morgan fingerprint density at radius 3 is 2.23 bits per heavy atom. The minimum absolute atomic E-state index is 0.0341. The standard InChI is InChI=1S/C13H18F3NO3.C2H6/c1-3-5-6-9(4-2)8-20-12(19)10(7-17)11(18)13(14,15)16;1-2/h9,18H,3-6,8H2,1-2H3;1-2H3/b11-10-;. The van der Waals surface area contributed by atoms with E-state index in [0.717, 1.165) is 25.3 Å². The first-order valence-corrected chi connectivity index (χ1v) is 7.35. The Hall–Kier alpha value is -1.71. The van der Waals surface area contributed by atoms with Crippen LogP contribution in [0, 0.1) is 17.2 Å². The molecule has 0 aliphatic carbocycles. The van der Waals surface area contributed by atoms with Gasteiger partial charge in [0.15, 0.2) is 5.57 Å². The Morgan fingerprint density at radius 1 is 1.32 bits per heavy atom. The third-order valence-electron chi connectivity index (χ3n) is 2.81.